The van der Waals surface area contributed by atoms with Gasteiger partial charge in [0.25, 0.3) is 0 Å². The first-order valence-corrected chi connectivity index (χ1v) is 6.99. The second-order valence-corrected chi connectivity index (χ2v) is 5.14. The number of carbonyl (C=O) groups is 1. The van der Waals surface area contributed by atoms with Crippen molar-refractivity contribution in [2.45, 2.75) is 51.4 Å². The van der Waals surface area contributed by atoms with E-state index in [1.807, 2.05) is 25.1 Å². The van der Waals surface area contributed by atoms with Crippen LogP contribution in [-0.4, -0.2) is 12.6 Å². The molecule has 0 spiro atoms. The molecule has 18 heavy (non-hydrogen) atoms. The molecule has 1 fully saturated rings. The number of rotatable bonds is 4. The van der Waals surface area contributed by atoms with Crippen molar-refractivity contribution < 1.29 is 9.53 Å². The molecule has 2 heteroatoms. The summed E-state index contributed by atoms with van der Waals surface area (Å²) >= 11 is 0. The van der Waals surface area contributed by atoms with Gasteiger partial charge in [-0.2, -0.15) is 0 Å². The molecule has 1 aliphatic rings. The van der Waals surface area contributed by atoms with Gasteiger partial charge in [-0.25, -0.2) is 4.79 Å². The molecule has 2 nitrogen and oxygen atoms in total. The van der Waals surface area contributed by atoms with E-state index in [2.05, 4.69) is 13.0 Å². The van der Waals surface area contributed by atoms with Crippen LogP contribution in [0.1, 0.15) is 61.9 Å². The van der Waals surface area contributed by atoms with Gasteiger partial charge in [0.15, 0.2) is 0 Å². The van der Waals surface area contributed by atoms with Crippen molar-refractivity contribution in [3.05, 3.63) is 35.4 Å². The molecule has 0 unspecified atom stereocenters. The van der Waals surface area contributed by atoms with Gasteiger partial charge in [-0.15, -0.1) is 0 Å². The van der Waals surface area contributed by atoms with Crippen LogP contribution in [0.3, 0.4) is 0 Å². The van der Waals surface area contributed by atoms with Gasteiger partial charge in [0.1, 0.15) is 0 Å². The predicted molar refractivity (Wildman–Crippen MR) is 72.8 cm³/mol. The van der Waals surface area contributed by atoms with Gasteiger partial charge < -0.3 is 4.74 Å². The molecule has 0 radical (unpaired) electrons. The van der Waals surface area contributed by atoms with Crippen molar-refractivity contribution in [3.8, 4) is 0 Å². The standard InChI is InChI=1S/C16H22O2/c1-3-16(10-5-6-11-16)14-9-7-8-13(12-14)15(17)18-4-2/h7-9,12H,3-6,10-11H2,1-2H3. The van der Waals surface area contributed by atoms with Gasteiger partial charge in [0.2, 0.25) is 0 Å². The Morgan fingerprint density at radius 3 is 2.61 bits per heavy atom. The van der Waals surface area contributed by atoms with E-state index in [0.29, 0.717) is 17.6 Å². The molecule has 0 bridgehead atoms. The van der Waals surface area contributed by atoms with E-state index in [0.717, 1.165) is 6.42 Å². The Morgan fingerprint density at radius 2 is 2.00 bits per heavy atom. The first-order chi connectivity index (χ1) is 8.72. The molecule has 2 rings (SSSR count). The highest BCUT2D eigenvalue weighted by atomic mass is 16.5. The molecular weight excluding hydrogens is 224 g/mol. The Bertz CT molecular complexity index is 417. The molecular formula is C16H22O2. The second-order valence-electron chi connectivity index (χ2n) is 5.14. The highest BCUT2D eigenvalue weighted by Gasteiger charge is 2.33. The first kappa shape index (κ1) is 13.1. The lowest BCUT2D eigenvalue weighted by molar-refractivity contribution is 0.0526. The lowest BCUT2D eigenvalue weighted by atomic mass is 9.76. The number of ether oxygens (including phenoxy) is 1. The first-order valence-electron chi connectivity index (χ1n) is 6.99. The Labute approximate surface area is 109 Å². The molecule has 0 saturated heterocycles. The van der Waals surface area contributed by atoms with Crippen LogP contribution in [0.2, 0.25) is 0 Å². The maximum absolute atomic E-state index is 11.8. The third-order valence-electron chi connectivity index (χ3n) is 4.22. The van der Waals surface area contributed by atoms with Crippen LogP contribution < -0.4 is 0 Å². The summed E-state index contributed by atoms with van der Waals surface area (Å²) in [6.45, 7) is 4.52. The summed E-state index contributed by atoms with van der Waals surface area (Å²) in [5.41, 5.74) is 2.30. The Kier molecular flexibility index (Phi) is 4.05. The van der Waals surface area contributed by atoms with Crippen LogP contribution in [0.15, 0.2) is 24.3 Å². The molecule has 1 aromatic rings. The molecule has 98 valence electrons. The normalized spacial score (nSPS) is 17.7. The lowest BCUT2D eigenvalue weighted by Crippen LogP contribution is -2.21. The maximum atomic E-state index is 11.8. The summed E-state index contributed by atoms with van der Waals surface area (Å²) < 4.78 is 5.07. The molecule has 0 aromatic heterocycles. The lowest BCUT2D eigenvalue weighted by Gasteiger charge is -2.28. The fourth-order valence-electron chi connectivity index (χ4n) is 3.09. The summed E-state index contributed by atoms with van der Waals surface area (Å²) in [4.78, 5) is 11.8. The second kappa shape index (κ2) is 5.55. The molecule has 0 N–H and O–H groups in total. The highest BCUT2D eigenvalue weighted by Crippen LogP contribution is 2.43. The monoisotopic (exact) mass is 246 g/mol. The number of carbonyl (C=O) groups excluding carboxylic acids is 1. The molecule has 0 amide bonds. The van der Waals surface area contributed by atoms with Crippen molar-refractivity contribution in [1.82, 2.24) is 0 Å². The van der Waals surface area contributed by atoms with Crippen molar-refractivity contribution in [3.63, 3.8) is 0 Å². The van der Waals surface area contributed by atoms with Crippen LogP contribution in [0, 0.1) is 0 Å². The molecule has 1 aromatic carbocycles. The van der Waals surface area contributed by atoms with E-state index in [-0.39, 0.29) is 5.97 Å². The number of benzene rings is 1. The SMILES string of the molecule is CCOC(=O)c1cccc(C2(CC)CCCC2)c1. The van der Waals surface area contributed by atoms with E-state index in [1.165, 1.54) is 31.2 Å². The fraction of sp³-hybridized carbons (Fsp3) is 0.562. The summed E-state index contributed by atoms with van der Waals surface area (Å²) in [6.07, 6.45) is 6.25. The van der Waals surface area contributed by atoms with Crippen LogP contribution in [0.5, 0.6) is 0 Å². The molecule has 0 atom stereocenters. The number of esters is 1. The summed E-state index contributed by atoms with van der Waals surface area (Å²) in [7, 11) is 0. The van der Waals surface area contributed by atoms with Crippen molar-refractivity contribution in [2.75, 3.05) is 6.61 Å². The molecule has 0 heterocycles. The van der Waals surface area contributed by atoms with E-state index in [1.54, 1.807) is 0 Å². The average Bonchev–Trinajstić information content (AvgIpc) is 2.89. The van der Waals surface area contributed by atoms with Crippen LogP contribution >= 0.6 is 0 Å². The maximum Gasteiger partial charge on any atom is 0.338 e. The van der Waals surface area contributed by atoms with Gasteiger partial charge >= 0.3 is 5.97 Å². The molecule has 0 aliphatic heterocycles. The van der Waals surface area contributed by atoms with Gasteiger partial charge in [-0.3, -0.25) is 0 Å². The summed E-state index contributed by atoms with van der Waals surface area (Å²) in [5, 5.41) is 0. The smallest absolute Gasteiger partial charge is 0.338 e. The van der Waals surface area contributed by atoms with Gasteiger partial charge in [-0.05, 0) is 49.3 Å². The summed E-state index contributed by atoms with van der Waals surface area (Å²) in [6, 6.07) is 8.03. The minimum absolute atomic E-state index is 0.205. The largest absolute Gasteiger partial charge is 0.462 e. The zero-order valence-corrected chi connectivity index (χ0v) is 11.4. The quantitative estimate of drug-likeness (QED) is 0.748. The Morgan fingerprint density at radius 1 is 1.28 bits per heavy atom. The van der Waals surface area contributed by atoms with E-state index in [9.17, 15) is 4.79 Å². The van der Waals surface area contributed by atoms with Crippen LogP contribution in [-0.2, 0) is 10.2 Å². The predicted octanol–water partition coefficient (Wildman–Crippen LogP) is 4.09. The van der Waals surface area contributed by atoms with Crippen molar-refractivity contribution in [2.24, 2.45) is 0 Å². The fourth-order valence-corrected chi connectivity index (χ4v) is 3.09. The minimum atomic E-state index is -0.205. The zero-order valence-electron chi connectivity index (χ0n) is 11.4. The van der Waals surface area contributed by atoms with E-state index in [4.69, 9.17) is 4.74 Å². The Balaban J connectivity index is 2.28. The Hall–Kier alpha value is -1.31. The average molecular weight is 246 g/mol. The van der Waals surface area contributed by atoms with Gasteiger partial charge in [0.05, 0.1) is 12.2 Å². The third kappa shape index (κ3) is 2.43. The topological polar surface area (TPSA) is 26.3 Å². The number of hydrogen-bond acceptors (Lipinski definition) is 2. The van der Waals surface area contributed by atoms with Gasteiger partial charge in [0, 0.05) is 0 Å². The van der Waals surface area contributed by atoms with Gasteiger partial charge in [-0.1, -0.05) is 31.9 Å². The van der Waals surface area contributed by atoms with E-state index < -0.39 is 0 Å². The van der Waals surface area contributed by atoms with Crippen molar-refractivity contribution in [1.29, 1.82) is 0 Å². The third-order valence-corrected chi connectivity index (χ3v) is 4.22. The molecule has 1 aliphatic carbocycles. The summed E-state index contributed by atoms with van der Waals surface area (Å²) in [5.74, 6) is -0.205. The van der Waals surface area contributed by atoms with Crippen molar-refractivity contribution >= 4 is 5.97 Å². The van der Waals surface area contributed by atoms with Crippen LogP contribution in [0.4, 0.5) is 0 Å². The number of hydrogen-bond donors (Lipinski definition) is 0. The molecule has 1 saturated carbocycles. The minimum Gasteiger partial charge on any atom is -0.462 e. The van der Waals surface area contributed by atoms with E-state index >= 15 is 0 Å². The highest BCUT2D eigenvalue weighted by molar-refractivity contribution is 5.89. The zero-order chi connectivity index (χ0) is 13.0. The van der Waals surface area contributed by atoms with Crippen LogP contribution in [0.25, 0.3) is 0 Å².